The van der Waals surface area contributed by atoms with E-state index in [1.807, 2.05) is 0 Å². The van der Waals surface area contributed by atoms with Crippen LogP contribution in [0, 0.1) is 0 Å². The van der Waals surface area contributed by atoms with E-state index in [1.54, 1.807) is 6.92 Å². The van der Waals surface area contributed by atoms with Crippen LogP contribution in [0.25, 0.3) is 0 Å². The Bertz CT molecular complexity index is 187. The van der Waals surface area contributed by atoms with Crippen molar-refractivity contribution < 1.29 is 13.2 Å². The van der Waals surface area contributed by atoms with E-state index in [4.69, 9.17) is 9.88 Å². The quantitative estimate of drug-likeness (QED) is 0.627. The predicted octanol–water partition coefficient (Wildman–Crippen LogP) is -0.302. The smallest absolute Gasteiger partial charge is 0.214 e. The van der Waals surface area contributed by atoms with Crippen LogP contribution in [-0.4, -0.2) is 26.9 Å². The molecule has 0 spiro atoms. The van der Waals surface area contributed by atoms with Crippen LogP contribution in [0.1, 0.15) is 13.8 Å². The predicted molar refractivity (Wildman–Crippen MR) is 39.0 cm³/mol. The molecule has 2 atom stereocenters. The molecule has 0 aromatic rings. The number of hydrogen-bond acceptors (Lipinski definition) is 3. The maximum Gasteiger partial charge on any atom is 0.214 e. The fourth-order valence-corrected chi connectivity index (χ4v) is 1.10. The Morgan fingerprint density at radius 3 is 1.90 bits per heavy atom. The largest absolute Gasteiger partial charge is 0.380 e. The summed E-state index contributed by atoms with van der Waals surface area (Å²) in [6, 6.07) is 0. The first-order valence-electron chi connectivity index (χ1n) is 2.94. The van der Waals surface area contributed by atoms with Crippen molar-refractivity contribution in [3.05, 3.63) is 0 Å². The minimum atomic E-state index is -3.44. The monoisotopic (exact) mass is 167 g/mol. The summed E-state index contributed by atoms with van der Waals surface area (Å²) >= 11 is 0. The van der Waals surface area contributed by atoms with Gasteiger partial charge in [0.05, 0.1) is 11.4 Å². The molecule has 0 saturated carbocycles. The van der Waals surface area contributed by atoms with Crippen LogP contribution in [-0.2, 0) is 14.8 Å². The number of rotatable bonds is 3. The van der Waals surface area contributed by atoms with E-state index in [2.05, 4.69) is 0 Å². The molecule has 0 amide bonds. The van der Waals surface area contributed by atoms with Crippen LogP contribution in [0.3, 0.4) is 0 Å². The maximum atomic E-state index is 10.6. The third-order valence-electron chi connectivity index (χ3n) is 1.55. The summed E-state index contributed by atoms with van der Waals surface area (Å²) in [5.74, 6) is 0. The molecule has 0 saturated heterocycles. The number of primary sulfonamides is 1. The lowest BCUT2D eigenvalue weighted by molar-refractivity contribution is 0.117. The fourth-order valence-electron chi connectivity index (χ4n) is 0.459. The SMILES string of the molecule is COC(C)C(C)S(N)(=O)=O. The highest BCUT2D eigenvalue weighted by atomic mass is 32.2. The molecule has 0 heterocycles. The first-order valence-corrected chi connectivity index (χ1v) is 4.55. The maximum absolute atomic E-state index is 10.6. The molecule has 5 heteroatoms. The van der Waals surface area contributed by atoms with E-state index in [0.717, 1.165) is 0 Å². The summed E-state index contributed by atoms with van der Waals surface area (Å²) in [6.45, 7) is 3.18. The summed E-state index contributed by atoms with van der Waals surface area (Å²) in [6.07, 6.45) is -0.352. The van der Waals surface area contributed by atoms with Gasteiger partial charge in [0.1, 0.15) is 0 Å². The normalized spacial score (nSPS) is 18.4. The second kappa shape index (κ2) is 3.32. The van der Waals surface area contributed by atoms with E-state index in [-0.39, 0.29) is 6.10 Å². The van der Waals surface area contributed by atoms with Crippen LogP contribution in [0.4, 0.5) is 0 Å². The minimum Gasteiger partial charge on any atom is -0.380 e. The summed E-state index contributed by atoms with van der Waals surface area (Å²) in [5.41, 5.74) is 0. The van der Waals surface area contributed by atoms with Gasteiger partial charge in [-0.1, -0.05) is 0 Å². The Balaban J connectivity index is 4.23. The molecule has 0 bridgehead atoms. The zero-order valence-corrected chi connectivity index (χ0v) is 7.18. The molecule has 0 fully saturated rings. The first kappa shape index (κ1) is 9.87. The Hall–Kier alpha value is -0.130. The molecule has 2 N–H and O–H groups in total. The molecule has 0 aliphatic rings. The lowest BCUT2D eigenvalue weighted by Gasteiger charge is -2.15. The molecule has 4 nitrogen and oxygen atoms in total. The zero-order valence-electron chi connectivity index (χ0n) is 6.37. The van der Waals surface area contributed by atoms with Gasteiger partial charge in [-0.25, -0.2) is 13.6 Å². The van der Waals surface area contributed by atoms with Gasteiger partial charge in [0.15, 0.2) is 0 Å². The molecule has 0 aliphatic heterocycles. The van der Waals surface area contributed by atoms with Gasteiger partial charge >= 0.3 is 0 Å². The van der Waals surface area contributed by atoms with Crippen molar-refractivity contribution in [2.75, 3.05) is 7.11 Å². The van der Waals surface area contributed by atoms with Crippen molar-refractivity contribution in [2.45, 2.75) is 25.2 Å². The van der Waals surface area contributed by atoms with Crippen LogP contribution in [0.5, 0.6) is 0 Å². The van der Waals surface area contributed by atoms with E-state index < -0.39 is 15.3 Å². The van der Waals surface area contributed by atoms with E-state index in [0.29, 0.717) is 0 Å². The summed E-state index contributed by atoms with van der Waals surface area (Å²) in [5, 5.41) is 4.21. The van der Waals surface area contributed by atoms with Crippen molar-refractivity contribution in [3.8, 4) is 0 Å². The van der Waals surface area contributed by atoms with Gasteiger partial charge in [0.25, 0.3) is 0 Å². The second-order valence-electron chi connectivity index (χ2n) is 2.23. The molecule has 0 aromatic heterocycles. The lowest BCUT2D eigenvalue weighted by atomic mass is 10.3. The Labute approximate surface area is 61.4 Å². The lowest BCUT2D eigenvalue weighted by Crippen LogP contribution is -2.35. The first-order chi connectivity index (χ1) is 4.39. The van der Waals surface area contributed by atoms with Gasteiger partial charge in [-0.15, -0.1) is 0 Å². The fraction of sp³-hybridized carbons (Fsp3) is 1.00. The number of nitrogens with two attached hydrogens (primary N) is 1. The number of ether oxygens (including phenoxy) is 1. The van der Waals surface area contributed by atoms with E-state index >= 15 is 0 Å². The Kier molecular flexibility index (Phi) is 3.27. The molecule has 2 unspecified atom stereocenters. The van der Waals surface area contributed by atoms with Crippen molar-refractivity contribution in [1.29, 1.82) is 0 Å². The number of hydrogen-bond donors (Lipinski definition) is 1. The molecule has 0 aliphatic carbocycles. The van der Waals surface area contributed by atoms with Crippen LogP contribution < -0.4 is 5.14 Å². The summed E-state index contributed by atoms with van der Waals surface area (Å²) < 4.78 is 26.0. The van der Waals surface area contributed by atoms with Crippen molar-refractivity contribution in [3.63, 3.8) is 0 Å². The topological polar surface area (TPSA) is 69.4 Å². The van der Waals surface area contributed by atoms with Gasteiger partial charge < -0.3 is 4.74 Å². The highest BCUT2D eigenvalue weighted by Crippen LogP contribution is 2.03. The zero-order chi connectivity index (χ0) is 8.36. The van der Waals surface area contributed by atoms with E-state index in [9.17, 15) is 8.42 Å². The number of methoxy groups -OCH3 is 1. The Morgan fingerprint density at radius 2 is 1.80 bits per heavy atom. The average Bonchev–Trinajstić information content (AvgIpc) is 1.83. The number of sulfonamides is 1. The molecule has 0 radical (unpaired) electrons. The molecule has 62 valence electrons. The van der Waals surface area contributed by atoms with Gasteiger partial charge in [-0.2, -0.15) is 0 Å². The standard InChI is InChI=1S/C5H13NO3S/c1-4(9-3)5(2)10(6,7)8/h4-5H,1-3H3,(H2,6,7,8). The average molecular weight is 167 g/mol. The van der Waals surface area contributed by atoms with Crippen LogP contribution in [0.15, 0.2) is 0 Å². The van der Waals surface area contributed by atoms with Crippen molar-refractivity contribution >= 4 is 10.0 Å². The van der Waals surface area contributed by atoms with Crippen LogP contribution in [0.2, 0.25) is 0 Å². The molecular weight excluding hydrogens is 154 g/mol. The van der Waals surface area contributed by atoms with Gasteiger partial charge in [-0.05, 0) is 13.8 Å². The Morgan fingerprint density at radius 1 is 1.40 bits per heavy atom. The molecule has 10 heavy (non-hydrogen) atoms. The summed E-state index contributed by atoms with van der Waals surface area (Å²) in [4.78, 5) is 0. The molecular formula is C5H13NO3S. The van der Waals surface area contributed by atoms with E-state index in [1.165, 1.54) is 14.0 Å². The second-order valence-corrected chi connectivity index (χ2v) is 4.16. The van der Waals surface area contributed by atoms with Gasteiger partial charge in [0.2, 0.25) is 10.0 Å². The van der Waals surface area contributed by atoms with Crippen molar-refractivity contribution in [2.24, 2.45) is 5.14 Å². The highest BCUT2D eigenvalue weighted by molar-refractivity contribution is 7.89. The third kappa shape index (κ3) is 2.64. The van der Waals surface area contributed by atoms with Gasteiger partial charge in [-0.3, -0.25) is 0 Å². The van der Waals surface area contributed by atoms with Crippen molar-refractivity contribution in [1.82, 2.24) is 0 Å². The molecule has 0 rings (SSSR count). The molecule has 0 aromatic carbocycles. The third-order valence-corrected chi connectivity index (χ3v) is 2.97. The highest BCUT2D eigenvalue weighted by Gasteiger charge is 2.21. The summed E-state index contributed by atoms with van der Waals surface area (Å²) in [7, 11) is -1.99. The van der Waals surface area contributed by atoms with Gasteiger partial charge in [0, 0.05) is 7.11 Å². The minimum absolute atomic E-state index is 0.352. The van der Waals surface area contributed by atoms with Crippen LogP contribution >= 0.6 is 0 Å².